The van der Waals surface area contributed by atoms with Crippen molar-refractivity contribution in [1.82, 2.24) is 10.2 Å². The second kappa shape index (κ2) is 7.96. The first-order chi connectivity index (χ1) is 11.4. The van der Waals surface area contributed by atoms with Crippen LogP contribution in [0.3, 0.4) is 0 Å². The van der Waals surface area contributed by atoms with E-state index >= 15 is 0 Å². The molecule has 1 saturated heterocycles. The van der Waals surface area contributed by atoms with Crippen LogP contribution in [0.2, 0.25) is 0 Å². The molecule has 24 heavy (non-hydrogen) atoms. The maximum absolute atomic E-state index is 12.5. The Balaban J connectivity index is 1.96. The zero-order valence-electron chi connectivity index (χ0n) is 14.4. The van der Waals surface area contributed by atoms with Crippen LogP contribution in [0, 0.1) is 11.3 Å². The Morgan fingerprint density at radius 3 is 2.71 bits per heavy atom. The average molecular weight is 327 g/mol. The molecule has 5 heteroatoms. The van der Waals surface area contributed by atoms with E-state index in [0.717, 1.165) is 18.4 Å². The molecule has 0 unspecified atom stereocenters. The molecule has 1 aliphatic rings. The van der Waals surface area contributed by atoms with E-state index in [1.807, 2.05) is 30.3 Å². The van der Waals surface area contributed by atoms with Gasteiger partial charge in [0, 0.05) is 13.0 Å². The van der Waals surface area contributed by atoms with Gasteiger partial charge in [-0.3, -0.25) is 9.59 Å². The third-order valence-electron chi connectivity index (χ3n) is 4.61. The summed E-state index contributed by atoms with van der Waals surface area (Å²) < 4.78 is 0. The highest BCUT2D eigenvalue weighted by atomic mass is 16.2. The first kappa shape index (κ1) is 18.0. The van der Waals surface area contributed by atoms with Gasteiger partial charge in [-0.1, -0.05) is 30.3 Å². The van der Waals surface area contributed by atoms with Gasteiger partial charge in [-0.2, -0.15) is 5.26 Å². The van der Waals surface area contributed by atoms with Gasteiger partial charge in [0.05, 0.1) is 6.07 Å². The Hall–Kier alpha value is -2.35. The van der Waals surface area contributed by atoms with Gasteiger partial charge in [0.1, 0.15) is 11.6 Å². The number of carbonyl (C=O) groups excluding carboxylic acids is 2. The molecule has 1 N–H and O–H groups in total. The van der Waals surface area contributed by atoms with Crippen molar-refractivity contribution in [3.8, 4) is 6.07 Å². The van der Waals surface area contributed by atoms with Crippen molar-refractivity contribution in [1.29, 1.82) is 5.26 Å². The zero-order chi connectivity index (χ0) is 17.6. The summed E-state index contributed by atoms with van der Waals surface area (Å²) in [6.45, 7) is 4.08. The normalized spacial score (nSPS) is 18.4. The topological polar surface area (TPSA) is 73.2 Å². The van der Waals surface area contributed by atoms with E-state index in [9.17, 15) is 14.9 Å². The van der Waals surface area contributed by atoms with Crippen LogP contribution in [0.25, 0.3) is 0 Å². The molecular weight excluding hydrogens is 302 g/mol. The SMILES string of the molecule is C[C@@H](C(=O)N[C@](C)(C#N)CCc1ccccc1)N1CCCCC1=O. The number of nitrogens with one attached hydrogen (secondary N) is 1. The first-order valence-electron chi connectivity index (χ1n) is 8.52. The van der Waals surface area contributed by atoms with Crippen LogP contribution < -0.4 is 5.32 Å². The van der Waals surface area contributed by atoms with E-state index in [0.29, 0.717) is 25.8 Å². The van der Waals surface area contributed by atoms with Gasteiger partial charge in [0.15, 0.2) is 0 Å². The number of nitriles is 1. The molecule has 1 fully saturated rings. The Morgan fingerprint density at radius 2 is 2.08 bits per heavy atom. The lowest BCUT2D eigenvalue weighted by molar-refractivity contribution is -0.142. The van der Waals surface area contributed by atoms with Crippen molar-refractivity contribution < 1.29 is 9.59 Å². The highest BCUT2D eigenvalue weighted by Gasteiger charge is 2.32. The molecule has 128 valence electrons. The van der Waals surface area contributed by atoms with E-state index in [-0.39, 0.29) is 11.8 Å². The predicted octanol–water partition coefficient (Wildman–Crippen LogP) is 2.42. The highest BCUT2D eigenvalue weighted by molar-refractivity contribution is 5.88. The maximum Gasteiger partial charge on any atom is 0.243 e. The monoisotopic (exact) mass is 327 g/mol. The number of carbonyl (C=O) groups is 2. The van der Waals surface area contributed by atoms with E-state index in [1.54, 1.807) is 18.7 Å². The maximum atomic E-state index is 12.5. The van der Waals surface area contributed by atoms with E-state index in [1.165, 1.54) is 0 Å². The number of benzene rings is 1. The Labute approximate surface area is 143 Å². The minimum atomic E-state index is -0.944. The van der Waals surface area contributed by atoms with Crippen LogP contribution in [0.1, 0.15) is 45.1 Å². The van der Waals surface area contributed by atoms with Gasteiger partial charge >= 0.3 is 0 Å². The molecule has 2 rings (SSSR count). The molecule has 0 saturated carbocycles. The lowest BCUT2D eigenvalue weighted by Gasteiger charge is -2.33. The molecule has 0 aliphatic carbocycles. The van der Waals surface area contributed by atoms with Gasteiger partial charge in [0.25, 0.3) is 0 Å². The largest absolute Gasteiger partial charge is 0.336 e. The number of aryl methyl sites for hydroxylation is 1. The smallest absolute Gasteiger partial charge is 0.243 e. The Kier molecular flexibility index (Phi) is 5.97. The Bertz CT molecular complexity index is 623. The summed E-state index contributed by atoms with van der Waals surface area (Å²) >= 11 is 0. The van der Waals surface area contributed by atoms with Gasteiger partial charge in [0.2, 0.25) is 11.8 Å². The van der Waals surface area contributed by atoms with Crippen LogP contribution >= 0.6 is 0 Å². The van der Waals surface area contributed by atoms with Crippen molar-refractivity contribution >= 4 is 11.8 Å². The van der Waals surface area contributed by atoms with E-state index < -0.39 is 11.6 Å². The summed E-state index contributed by atoms with van der Waals surface area (Å²) in [7, 11) is 0. The van der Waals surface area contributed by atoms with Gasteiger partial charge in [-0.05, 0) is 45.1 Å². The molecule has 1 aliphatic heterocycles. The van der Waals surface area contributed by atoms with Crippen LogP contribution in [0.4, 0.5) is 0 Å². The minimum absolute atomic E-state index is 0.0202. The van der Waals surface area contributed by atoms with E-state index in [4.69, 9.17) is 0 Å². The van der Waals surface area contributed by atoms with Crippen molar-refractivity contribution in [3.05, 3.63) is 35.9 Å². The molecule has 5 nitrogen and oxygen atoms in total. The summed E-state index contributed by atoms with van der Waals surface area (Å²) in [6.07, 6.45) is 3.55. The van der Waals surface area contributed by atoms with Crippen molar-refractivity contribution in [2.24, 2.45) is 0 Å². The molecule has 1 aromatic carbocycles. The van der Waals surface area contributed by atoms with Crippen molar-refractivity contribution in [2.45, 2.75) is 57.5 Å². The van der Waals surface area contributed by atoms with Crippen molar-refractivity contribution in [3.63, 3.8) is 0 Å². The fourth-order valence-corrected chi connectivity index (χ4v) is 2.94. The summed E-state index contributed by atoms with van der Waals surface area (Å²) in [5.41, 5.74) is 0.188. The summed E-state index contributed by atoms with van der Waals surface area (Å²) in [5.74, 6) is -0.241. The van der Waals surface area contributed by atoms with Gasteiger partial charge < -0.3 is 10.2 Å². The number of amides is 2. The second-order valence-electron chi connectivity index (χ2n) is 6.64. The minimum Gasteiger partial charge on any atom is -0.336 e. The van der Waals surface area contributed by atoms with Crippen LogP contribution in [0.15, 0.2) is 30.3 Å². The van der Waals surface area contributed by atoms with Crippen LogP contribution in [-0.2, 0) is 16.0 Å². The number of hydrogen-bond donors (Lipinski definition) is 1. The molecular formula is C19H25N3O2. The molecule has 2 amide bonds. The fraction of sp³-hybridized carbons (Fsp3) is 0.526. The van der Waals surface area contributed by atoms with Gasteiger partial charge in [-0.25, -0.2) is 0 Å². The second-order valence-corrected chi connectivity index (χ2v) is 6.64. The Morgan fingerprint density at radius 1 is 1.38 bits per heavy atom. The lowest BCUT2D eigenvalue weighted by atomic mass is 9.94. The third kappa shape index (κ3) is 4.58. The average Bonchev–Trinajstić information content (AvgIpc) is 2.61. The molecule has 0 radical (unpaired) electrons. The number of piperidine rings is 1. The zero-order valence-corrected chi connectivity index (χ0v) is 14.4. The molecule has 1 heterocycles. The first-order valence-corrected chi connectivity index (χ1v) is 8.52. The van der Waals surface area contributed by atoms with E-state index in [2.05, 4.69) is 11.4 Å². The molecule has 0 aromatic heterocycles. The summed E-state index contributed by atoms with van der Waals surface area (Å²) in [4.78, 5) is 26.1. The number of hydrogen-bond acceptors (Lipinski definition) is 3. The summed E-state index contributed by atoms with van der Waals surface area (Å²) in [6, 6.07) is 11.6. The lowest BCUT2D eigenvalue weighted by Crippen LogP contribution is -2.55. The van der Waals surface area contributed by atoms with Gasteiger partial charge in [-0.15, -0.1) is 0 Å². The standard InChI is InChI=1S/C19H25N3O2/c1-15(22-13-7-6-10-17(22)23)18(24)21-19(2,14-20)12-11-16-8-4-3-5-9-16/h3-5,8-9,15H,6-7,10-13H2,1-2H3,(H,21,24)/t15-,19-/m0/s1. The molecule has 2 atom stereocenters. The van der Waals surface area contributed by atoms with Crippen LogP contribution in [0.5, 0.6) is 0 Å². The van der Waals surface area contributed by atoms with Crippen LogP contribution in [-0.4, -0.2) is 34.8 Å². The summed E-state index contributed by atoms with van der Waals surface area (Å²) in [5, 5.41) is 12.3. The van der Waals surface area contributed by atoms with Crippen molar-refractivity contribution in [2.75, 3.05) is 6.54 Å². The molecule has 0 spiro atoms. The quantitative estimate of drug-likeness (QED) is 0.872. The molecule has 0 bridgehead atoms. The fourth-order valence-electron chi connectivity index (χ4n) is 2.94. The third-order valence-corrected chi connectivity index (χ3v) is 4.61. The number of rotatable bonds is 6. The molecule has 1 aromatic rings. The highest BCUT2D eigenvalue weighted by Crippen LogP contribution is 2.17. The number of nitrogens with zero attached hydrogens (tertiary/aromatic N) is 2. The number of likely N-dealkylation sites (tertiary alicyclic amines) is 1. The predicted molar refractivity (Wildman–Crippen MR) is 91.9 cm³/mol.